The smallest absolute Gasteiger partial charge is 0.224 e. The van der Waals surface area contributed by atoms with Gasteiger partial charge in [0.05, 0.1) is 18.9 Å². The largest absolute Gasteiger partial charge is 0.478 e. The second-order valence-corrected chi connectivity index (χ2v) is 5.57. The molecular weight excluding hydrogens is 306 g/mol. The van der Waals surface area contributed by atoms with Crippen molar-refractivity contribution in [3.63, 3.8) is 0 Å². The summed E-state index contributed by atoms with van der Waals surface area (Å²) >= 11 is 0. The number of hydrogen-bond acceptors (Lipinski definition) is 7. The molecule has 2 N–H and O–H groups in total. The average Bonchev–Trinajstić information content (AvgIpc) is 3.16. The average molecular weight is 329 g/mol. The first-order chi connectivity index (χ1) is 11.8. The minimum absolute atomic E-state index is 0.332. The zero-order valence-electron chi connectivity index (χ0n) is 14.1. The van der Waals surface area contributed by atoms with Crippen LogP contribution in [0, 0.1) is 0 Å². The fourth-order valence-corrected chi connectivity index (χ4v) is 2.66. The molecule has 0 aromatic carbocycles. The van der Waals surface area contributed by atoms with E-state index in [1.54, 1.807) is 6.20 Å². The van der Waals surface area contributed by atoms with E-state index in [9.17, 15) is 0 Å². The molecule has 128 valence electrons. The van der Waals surface area contributed by atoms with Crippen LogP contribution >= 0.6 is 0 Å². The van der Waals surface area contributed by atoms with Crippen molar-refractivity contribution in [3.05, 3.63) is 35.7 Å². The number of aromatic nitrogens is 3. The van der Waals surface area contributed by atoms with E-state index in [0.29, 0.717) is 30.9 Å². The number of ether oxygens (including phenoxy) is 2. The Balaban J connectivity index is 1.76. The summed E-state index contributed by atoms with van der Waals surface area (Å²) < 4.78 is 11.0. The van der Waals surface area contributed by atoms with E-state index in [0.717, 1.165) is 36.7 Å². The van der Waals surface area contributed by atoms with Gasteiger partial charge in [-0.3, -0.25) is 0 Å². The lowest BCUT2D eigenvalue weighted by atomic mass is 10.0. The third-order valence-corrected chi connectivity index (χ3v) is 3.91. The standard InChI is InChI=1S/C17H23N5O2/c1-3-24-16-12(5-4-7-19-16)10-20-15-9-14(13-6-8-23-11-13)21-17(18-2)22-15/h4-5,7,9,13H,3,6,8,10-11H2,1-2H3,(H2,18,20,21,22)/t13-/m0/s1. The van der Waals surface area contributed by atoms with Crippen LogP contribution in [0.5, 0.6) is 5.88 Å². The number of pyridine rings is 1. The topological polar surface area (TPSA) is 81.2 Å². The molecule has 24 heavy (non-hydrogen) atoms. The Kier molecular flexibility index (Phi) is 5.43. The van der Waals surface area contributed by atoms with Gasteiger partial charge < -0.3 is 20.1 Å². The summed E-state index contributed by atoms with van der Waals surface area (Å²) in [6.45, 7) is 4.64. The Morgan fingerprint density at radius 1 is 1.38 bits per heavy atom. The van der Waals surface area contributed by atoms with Gasteiger partial charge >= 0.3 is 0 Å². The van der Waals surface area contributed by atoms with E-state index in [1.807, 2.05) is 32.2 Å². The van der Waals surface area contributed by atoms with E-state index in [1.165, 1.54) is 0 Å². The molecule has 3 heterocycles. The third kappa shape index (κ3) is 3.91. The van der Waals surface area contributed by atoms with Crippen LogP contribution in [0.25, 0.3) is 0 Å². The van der Waals surface area contributed by atoms with Gasteiger partial charge in [-0.15, -0.1) is 0 Å². The molecule has 1 aliphatic heterocycles. The van der Waals surface area contributed by atoms with E-state index < -0.39 is 0 Å². The molecule has 7 nitrogen and oxygen atoms in total. The normalized spacial score (nSPS) is 16.8. The Morgan fingerprint density at radius 2 is 2.29 bits per heavy atom. The van der Waals surface area contributed by atoms with Gasteiger partial charge in [-0.05, 0) is 19.4 Å². The SMILES string of the molecule is CCOc1ncccc1CNc1cc([C@H]2CCOC2)nc(NC)n1. The predicted octanol–water partition coefficient (Wildman–Crippen LogP) is 2.43. The highest BCUT2D eigenvalue weighted by molar-refractivity contribution is 5.44. The fraction of sp³-hybridized carbons (Fsp3) is 0.471. The van der Waals surface area contributed by atoms with Crippen LogP contribution in [0.1, 0.15) is 30.5 Å². The van der Waals surface area contributed by atoms with Gasteiger partial charge in [-0.25, -0.2) is 9.97 Å². The molecule has 0 spiro atoms. The first kappa shape index (κ1) is 16.4. The molecule has 1 atom stereocenters. The molecule has 7 heteroatoms. The Bertz CT molecular complexity index is 674. The lowest BCUT2D eigenvalue weighted by Crippen LogP contribution is -2.10. The Labute approximate surface area is 141 Å². The van der Waals surface area contributed by atoms with Gasteiger partial charge in [-0.2, -0.15) is 4.98 Å². The van der Waals surface area contributed by atoms with Crippen molar-refractivity contribution < 1.29 is 9.47 Å². The predicted molar refractivity (Wildman–Crippen MR) is 92.5 cm³/mol. The number of rotatable bonds is 7. The van der Waals surface area contributed by atoms with Crippen molar-refractivity contribution >= 4 is 11.8 Å². The second-order valence-electron chi connectivity index (χ2n) is 5.57. The molecule has 1 fully saturated rings. The maximum Gasteiger partial charge on any atom is 0.224 e. The zero-order valence-corrected chi connectivity index (χ0v) is 14.1. The monoisotopic (exact) mass is 329 g/mol. The lowest BCUT2D eigenvalue weighted by Gasteiger charge is -2.13. The first-order valence-corrected chi connectivity index (χ1v) is 8.25. The highest BCUT2D eigenvalue weighted by atomic mass is 16.5. The van der Waals surface area contributed by atoms with Crippen molar-refractivity contribution in [1.29, 1.82) is 0 Å². The fourth-order valence-electron chi connectivity index (χ4n) is 2.66. The van der Waals surface area contributed by atoms with Crippen molar-refractivity contribution in [1.82, 2.24) is 15.0 Å². The third-order valence-electron chi connectivity index (χ3n) is 3.91. The van der Waals surface area contributed by atoms with Crippen molar-refractivity contribution in [2.75, 3.05) is 37.5 Å². The molecular formula is C17H23N5O2. The van der Waals surface area contributed by atoms with E-state index in [-0.39, 0.29) is 0 Å². The molecule has 3 rings (SSSR count). The van der Waals surface area contributed by atoms with E-state index >= 15 is 0 Å². The Hall–Kier alpha value is -2.41. The maximum atomic E-state index is 5.56. The molecule has 2 aromatic heterocycles. The van der Waals surface area contributed by atoms with Crippen LogP contribution in [0.15, 0.2) is 24.4 Å². The van der Waals surface area contributed by atoms with Crippen LogP contribution in [0.4, 0.5) is 11.8 Å². The minimum atomic E-state index is 0.332. The maximum absolute atomic E-state index is 5.56. The molecule has 0 unspecified atom stereocenters. The first-order valence-electron chi connectivity index (χ1n) is 8.25. The molecule has 0 amide bonds. The number of nitrogens with zero attached hydrogens (tertiary/aromatic N) is 3. The van der Waals surface area contributed by atoms with E-state index in [2.05, 4.69) is 25.6 Å². The molecule has 0 saturated carbocycles. The van der Waals surface area contributed by atoms with Crippen molar-refractivity contribution in [2.45, 2.75) is 25.8 Å². The molecule has 0 radical (unpaired) electrons. The van der Waals surface area contributed by atoms with Gasteiger partial charge in [0.2, 0.25) is 11.8 Å². The highest BCUT2D eigenvalue weighted by Gasteiger charge is 2.20. The second kappa shape index (κ2) is 7.92. The zero-order chi connectivity index (χ0) is 16.8. The summed E-state index contributed by atoms with van der Waals surface area (Å²) in [5.74, 6) is 2.37. The quantitative estimate of drug-likeness (QED) is 0.807. The summed E-state index contributed by atoms with van der Waals surface area (Å²) in [6, 6.07) is 5.90. The minimum Gasteiger partial charge on any atom is -0.478 e. The number of hydrogen-bond donors (Lipinski definition) is 2. The molecule has 2 aromatic rings. The number of nitrogens with one attached hydrogen (secondary N) is 2. The van der Waals surface area contributed by atoms with Crippen LogP contribution < -0.4 is 15.4 Å². The summed E-state index contributed by atoms with van der Waals surface area (Å²) in [5.41, 5.74) is 2.00. The van der Waals surface area contributed by atoms with E-state index in [4.69, 9.17) is 9.47 Å². The van der Waals surface area contributed by atoms with Crippen molar-refractivity contribution in [2.24, 2.45) is 0 Å². The van der Waals surface area contributed by atoms with Gasteiger partial charge in [-0.1, -0.05) is 6.07 Å². The number of anilines is 2. The van der Waals surface area contributed by atoms with Gasteiger partial charge in [0, 0.05) is 43.9 Å². The molecule has 1 aliphatic rings. The summed E-state index contributed by atoms with van der Waals surface area (Å²) in [7, 11) is 1.82. The van der Waals surface area contributed by atoms with Gasteiger partial charge in [0.25, 0.3) is 0 Å². The van der Waals surface area contributed by atoms with Gasteiger partial charge in [0.1, 0.15) is 5.82 Å². The van der Waals surface area contributed by atoms with Crippen LogP contribution in [-0.2, 0) is 11.3 Å². The summed E-state index contributed by atoms with van der Waals surface area (Å²) in [5, 5.41) is 6.37. The van der Waals surface area contributed by atoms with Crippen LogP contribution in [0.3, 0.4) is 0 Å². The molecule has 0 aliphatic carbocycles. The summed E-state index contributed by atoms with van der Waals surface area (Å²) in [6.07, 6.45) is 2.73. The lowest BCUT2D eigenvalue weighted by molar-refractivity contribution is 0.193. The van der Waals surface area contributed by atoms with Crippen molar-refractivity contribution in [3.8, 4) is 5.88 Å². The molecule has 0 bridgehead atoms. The molecule has 1 saturated heterocycles. The Morgan fingerprint density at radius 3 is 3.04 bits per heavy atom. The van der Waals surface area contributed by atoms with Crippen LogP contribution in [-0.4, -0.2) is 41.8 Å². The van der Waals surface area contributed by atoms with Gasteiger partial charge in [0.15, 0.2) is 0 Å². The van der Waals surface area contributed by atoms with Crippen LogP contribution in [0.2, 0.25) is 0 Å². The summed E-state index contributed by atoms with van der Waals surface area (Å²) in [4.78, 5) is 13.3. The highest BCUT2D eigenvalue weighted by Crippen LogP contribution is 2.26.